The highest BCUT2D eigenvalue weighted by atomic mass is 35.5. The van der Waals surface area contributed by atoms with Crippen LogP contribution in [0.3, 0.4) is 0 Å². The van der Waals surface area contributed by atoms with E-state index in [0.29, 0.717) is 5.13 Å². The van der Waals surface area contributed by atoms with Crippen molar-refractivity contribution in [2.75, 3.05) is 25.4 Å². The lowest BCUT2D eigenvalue weighted by atomic mass is 10.2. The smallest absolute Gasteiger partial charge is 0.180 e. The van der Waals surface area contributed by atoms with Crippen LogP contribution in [0.15, 0.2) is 36.4 Å². The first-order chi connectivity index (χ1) is 9.81. The van der Waals surface area contributed by atoms with E-state index in [1.165, 1.54) is 16.1 Å². The first-order valence-corrected chi connectivity index (χ1v) is 7.81. The molecule has 0 bridgehead atoms. The van der Waals surface area contributed by atoms with Gasteiger partial charge in [0.05, 0.1) is 5.69 Å². The molecule has 2 N–H and O–H groups in total. The molecule has 2 aromatic rings. The lowest BCUT2D eigenvalue weighted by Gasteiger charge is -2.17. The number of anilines is 1. The van der Waals surface area contributed by atoms with Crippen LogP contribution >= 0.6 is 23.7 Å². The Bertz CT molecular complexity index is 569. The maximum atomic E-state index is 5.77. The third-order valence-electron chi connectivity index (χ3n) is 3.59. The standard InChI is InChI=1S/C16H19N3S.ClH/c17-16-18-14-8-11-19(12-9-15(14)20-16)10-4-7-13-5-2-1-3-6-13;/h1-7H,8-12H2,(H2,17,18);1H. The van der Waals surface area contributed by atoms with Crippen LogP contribution in [0.4, 0.5) is 5.13 Å². The molecule has 1 aliphatic heterocycles. The van der Waals surface area contributed by atoms with Crippen molar-refractivity contribution in [3.63, 3.8) is 0 Å². The number of nitrogens with zero attached hydrogens (tertiary/aromatic N) is 2. The average Bonchev–Trinajstić information content (AvgIpc) is 2.72. The quantitative estimate of drug-likeness (QED) is 0.943. The molecular formula is C16H20ClN3S. The maximum Gasteiger partial charge on any atom is 0.180 e. The van der Waals surface area contributed by atoms with Crippen LogP contribution in [-0.4, -0.2) is 29.5 Å². The Balaban J connectivity index is 0.00000161. The number of hydrogen-bond acceptors (Lipinski definition) is 4. The van der Waals surface area contributed by atoms with Crippen LogP contribution in [0.1, 0.15) is 16.1 Å². The number of fused-ring (bicyclic) bond motifs is 1. The Morgan fingerprint density at radius 2 is 1.95 bits per heavy atom. The van der Waals surface area contributed by atoms with Crippen molar-refractivity contribution < 1.29 is 0 Å². The van der Waals surface area contributed by atoms with E-state index >= 15 is 0 Å². The summed E-state index contributed by atoms with van der Waals surface area (Å²) in [5, 5.41) is 0.715. The van der Waals surface area contributed by atoms with Crippen molar-refractivity contribution in [1.29, 1.82) is 0 Å². The molecule has 0 fully saturated rings. The number of thiazole rings is 1. The lowest BCUT2D eigenvalue weighted by Crippen LogP contribution is -2.26. The minimum Gasteiger partial charge on any atom is -0.375 e. The molecule has 0 saturated carbocycles. The van der Waals surface area contributed by atoms with Gasteiger partial charge in [-0.05, 0) is 12.0 Å². The molecule has 0 atom stereocenters. The van der Waals surface area contributed by atoms with Gasteiger partial charge >= 0.3 is 0 Å². The monoisotopic (exact) mass is 321 g/mol. The van der Waals surface area contributed by atoms with Crippen molar-refractivity contribution >= 4 is 35.0 Å². The van der Waals surface area contributed by atoms with Gasteiger partial charge in [-0.2, -0.15) is 0 Å². The van der Waals surface area contributed by atoms with E-state index in [0.717, 1.165) is 32.5 Å². The van der Waals surface area contributed by atoms with Gasteiger partial charge < -0.3 is 5.73 Å². The average molecular weight is 322 g/mol. The molecule has 1 aliphatic rings. The highest BCUT2D eigenvalue weighted by molar-refractivity contribution is 7.15. The fraction of sp³-hybridized carbons (Fsp3) is 0.312. The zero-order valence-corrected chi connectivity index (χ0v) is 13.5. The van der Waals surface area contributed by atoms with E-state index in [-0.39, 0.29) is 12.4 Å². The molecule has 0 unspecified atom stereocenters. The predicted molar refractivity (Wildman–Crippen MR) is 93.1 cm³/mol. The summed E-state index contributed by atoms with van der Waals surface area (Å²) >= 11 is 1.65. The molecule has 21 heavy (non-hydrogen) atoms. The Morgan fingerprint density at radius 1 is 1.19 bits per heavy atom. The van der Waals surface area contributed by atoms with E-state index < -0.39 is 0 Å². The Hall–Kier alpha value is -1.36. The number of hydrogen-bond donors (Lipinski definition) is 1. The van der Waals surface area contributed by atoms with Gasteiger partial charge in [0.15, 0.2) is 5.13 Å². The molecule has 112 valence electrons. The fourth-order valence-corrected chi connectivity index (χ4v) is 3.38. The zero-order valence-electron chi connectivity index (χ0n) is 11.9. The number of benzene rings is 1. The molecule has 1 aromatic carbocycles. The number of nitrogen functional groups attached to an aromatic ring is 1. The molecule has 0 aliphatic carbocycles. The van der Waals surface area contributed by atoms with E-state index in [4.69, 9.17) is 5.73 Å². The Labute approximate surface area is 135 Å². The molecule has 5 heteroatoms. The minimum atomic E-state index is 0. The first kappa shape index (κ1) is 16.0. The predicted octanol–water partition coefficient (Wildman–Crippen LogP) is 3.26. The van der Waals surface area contributed by atoms with Gasteiger partial charge in [-0.25, -0.2) is 4.98 Å². The normalized spacial score (nSPS) is 15.4. The molecular weight excluding hydrogens is 302 g/mol. The second kappa shape index (κ2) is 7.59. The Morgan fingerprint density at radius 3 is 2.76 bits per heavy atom. The van der Waals surface area contributed by atoms with Gasteiger partial charge in [-0.1, -0.05) is 42.5 Å². The topological polar surface area (TPSA) is 42.1 Å². The molecule has 1 aromatic heterocycles. The van der Waals surface area contributed by atoms with Crippen LogP contribution in [-0.2, 0) is 12.8 Å². The third kappa shape index (κ3) is 4.30. The molecule has 0 spiro atoms. The lowest BCUT2D eigenvalue weighted by molar-refractivity contribution is 0.318. The van der Waals surface area contributed by atoms with E-state index in [9.17, 15) is 0 Å². The number of halogens is 1. The summed E-state index contributed by atoms with van der Waals surface area (Å²) in [7, 11) is 0. The van der Waals surface area contributed by atoms with Crippen molar-refractivity contribution in [3.8, 4) is 0 Å². The van der Waals surface area contributed by atoms with Crippen molar-refractivity contribution in [2.45, 2.75) is 12.8 Å². The summed E-state index contributed by atoms with van der Waals surface area (Å²) in [6, 6.07) is 10.4. The van der Waals surface area contributed by atoms with Gasteiger partial charge in [-0.3, -0.25) is 4.90 Å². The highest BCUT2D eigenvalue weighted by Crippen LogP contribution is 2.24. The van der Waals surface area contributed by atoms with Gasteiger partial charge in [0.25, 0.3) is 0 Å². The maximum absolute atomic E-state index is 5.77. The van der Waals surface area contributed by atoms with Crippen LogP contribution in [0.2, 0.25) is 0 Å². The SMILES string of the molecule is Cl.Nc1nc2c(s1)CCN(CC=Cc1ccccc1)CC2. The number of nitrogens with two attached hydrogens (primary N) is 1. The van der Waals surface area contributed by atoms with Gasteiger partial charge in [0, 0.05) is 30.9 Å². The minimum absolute atomic E-state index is 0. The molecule has 0 saturated heterocycles. The number of aromatic nitrogens is 1. The first-order valence-electron chi connectivity index (χ1n) is 6.99. The van der Waals surface area contributed by atoms with Crippen molar-refractivity contribution in [3.05, 3.63) is 52.5 Å². The van der Waals surface area contributed by atoms with E-state index in [2.05, 4.69) is 46.3 Å². The largest absolute Gasteiger partial charge is 0.375 e. The van der Waals surface area contributed by atoms with E-state index in [1.807, 2.05) is 6.07 Å². The fourth-order valence-electron chi connectivity index (χ4n) is 2.51. The zero-order chi connectivity index (χ0) is 13.8. The summed E-state index contributed by atoms with van der Waals surface area (Å²) in [6.07, 6.45) is 6.53. The highest BCUT2D eigenvalue weighted by Gasteiger charge is 2.16. The van der Waals surface area contributed by atoms with Gasteiger partial charge in [-0.15, -0.1) is 23.7 Å². The summed E-state index contributed by atoms with van der Waals surface area (Å²) in [5.74, 6) is 0. The molecule has 3 nitrogen and oxygen atoms in total. The summed E-state index contributed by atoms with van der Waals surface area (Å²) in [5.41, 5.74) is 8.24. The molecule has 2 heterocycles. The molecule has 0 amide bonds. The Kier molecular flexibility index (Phi) is 5.79. The van der Waals surface area contributed by atoms with Crippen molar-refractivity contribution in [1.82, 2.24) is 9.88 Å². The van der Waals surface area contributed by atoms with Crippen LogP contribution in [0.25, 0.3) is 6.08 Å². The van der Waals surface area contributed by atoms with E-state index in [1.54, 1.807) is 11.3 Å². The second-order valence-corrected chi connectivity index (χ2v) is 6.15. The number of rotatable bonds is 3. The van der Waals surface area contributed by atoms with Gasteiger partial charge in [0.2, 0.25) is 0 Å². The molecule has 3 rings (SSSR count). The molecule has 0 radical (unpaired) electrons. The summed E-state index contributed by atoms with van der Waals surface area (Å²) in [6.45, 7) is 3.16. The van der Waals surface area contributed by atoms with Crippen LogP contribution in [0.5, 0.6) is 0 Å². The summed E-state index contributed by atoms with van der Waals surface area (Å²) in [4.78, 5) is 8.27. The van der Waals surface area contributed by atoms with Crippen LogP contribution < -0.4 is 5.73 Å². The summed E-state index contributed by atoms with van der Waals surface area (Å²) < 4.78 is 0. The van der Waals surface area contributed by atoms with Crippen LogP contribution in [0, 0.1) is 0 Å². The van der Waals surface area contributed by atoms with Crippen molar-refractivity contribution in [2.24, 2.45) is 0 Å². The second-order valence-electron chi connectivity index (χ2n) is 5.04. The third-order valence-corrected chi connectivity index (χ3v) is 4.57. The van der Waals surface area contributed by atoms with Gasteiger partial charge in [0.1, 0.15) is 0 Å².